The van der Waals surface area contributed by atoms with Gasteiger partial charge >= 0.3 is 0 Å². The summed E-state index contributed by atoms with van der Waals surface area (Å²) in [4.78, 5) is 0.236. The quantitative estimate of drug-likeness (QED) is 0.769. The molecule has 7 heteroatoms. The molecule has 0 aliphatic heterocycles. The molecule has 0 aliphatic carbocycles. The van der Waals surface area contributed by atoms with Gasteiger partial charge in [0, 0.05) is 6.54 Å². The van der Waals surface area contributed by atoms with Gasteiger partial charge in [-0.2, -0.15) is 0 Å². The molecule has 2 aromatic carbocycles. The van der Waals surface area contributed by atoms with E-state index < -0.39 is 10.0 Å². The van der Waals surface area contributed by atoms with E-state index in [9.17, 15) is 8.42 Å². The second-order valence-corrected chi connectivity index (χ2v) is 7.09. The van der Waals surface area contributed by atoms with Crippen molar-refractivity contribution in [3.63, 3.8) is 0 Å². The first kappa shape index (κ1) is 17.2. The first-order chi connectivity index (χ1) is 10.5. The normalized spacial score (nSPS) is 11.5. The monoisotopic (exact) mass is 359 g/mol. The summed E-state index contributed by atoms with van der Waals surface area (Å²) in [6.07, 6.45) is 0. The minimum Gasteiger partial charge on any atom is -0.375 e. The van der Waals surface area contributed by atoms with Gasteiger partial charge in [-0.25, -0.2) is 13.1 Å². The smallest absolute Gasteiger partial charge is 0.240 e. The van der Waals surface area contributed by atoms with Gasteiger partial charge in [-0.05, 0) is 29.8 Å². The molecule has 2 rings (SSSR count). The van der Waals surface area contributed by atoms with Crippen molar-refractivity contribution in [1.82, 2.24) is 4.72 Å². The first-order valence-corrected chi connectivity index (χ1v) is 8.79. The summed E-state index contributed by atoms with van der Waals surface area (Å²) in [7, 11) is -3.49. The van der Waals surface area contributed by atoms with Gasteiger partial charge in [-0.3, -0.25) is 0 Å². The number of benzene rings is 2. The summed E-state index contributed by atoms with van der Waals surface area (Å²) in [5.74, 6) is 0. The average molecular weight is 360 g/mol. The average Bonchev–Trinajstić information content (AvgIpc) is 2.51. The number of nitrogens with one attached hydrogen (secondary N) is 1. The van der Waals surface area contributed by atoms with E-state index in [-0.39, 0.29) is 18.0 Å². The van der Waals surface area contributed by atoms with Gasteiger partial charge < -0.3 is 4.74 Å². The third kappa shape index (κ3) is 4.97. The van der Waals surface area contributed by atoms with Crippen LogP contribution in [-0.2, 0) is 21.4 Å². The Labute approximate surface area is 140 Å². The van der Waals surface area contributed by atoms with E-state index in [1.807, 2.05) is 6.07 Å². The van der Waals surface area contributed by atoms with Crippen LogP contribution in [-0.4, -0.2) is 21.6 Å². The Hall–Kier alpha value is -1.11. The number of hydrogen-bond acceptors (Lipinski definition) is 3. The Bertz CT molecular complexity index is 721. The number of sulfonamides is 1. The van der Waals surface area contributed by atoms with Crippen LogP contribution < -0.4 is 4.72 Å². The topological polar surface area (TPSA) is 55.4 Å². The zero-order valence-electron chi connectivity index (χ0n) is 11.6. The lowest BCUT2D eigenvalue weighted by atomic mass is 10.2. The lowest BCUT2D eigenvalue weighted by Gasteiger charge is -2.08. The van der Waals surface area contributed by atoms with E-state index in [1.54, 1.807) is 42.5 Å². The Balaban J connectivity index is 1.76. The van der Waals surface area contributed by atoms with Crippen LogP contribution in [0.5, 0.6) is 0 Å². The van der Waals surface area contributed by atoms with Gasteiger partial charge in [0.2, 0.25) is 10.0 Å². The van der Waals surface area contributed by atoms with Crippen molar-refractivity contribution in [3.05, 3.63) is 64.1 Å². The Morgan fingerprint density at radius 1 is 1.00 bits per heavy atom. The zero-order valence-corrected chi connectivity index (χ0v) is 14.0. The molecule has 0 saturated heterocycles. The molecule has 0 spiro atoms. The van der Waals surface area contributed by atoms with Crippen LogP contribution in [0.1, 0.15) is 5.56 Å². The van der Waals surface area contributed by atoms with E-state index in [2.05, 4.69) is 4.72 Å². The maximum absolute atomic E-state index is 11.9. The van der Waals surface area contributed by atoms with Gasteiger partial charge in [0.05, 0.1) is 28.2 Å². The second-order valence-electron chi connectivity index (χ2n) is 4.51. The van der Waals surface area contributed by atoms with Crippen molar-refractivity contribution >= 4 is 33.2 Å². The number of halogens is 2. The zero-order chi connectivity index (χ0) is 16.0. The third-order valence-corrected chi connectivity index (χ3v) is 5.06. The summed E-state index contributed by atoms with van der Waals surface area (Å²) in [6, 6.07) is 13.4. The summed E-state index contributed by atoms with van der Waals surface area (Å²) < 4.78 is 31.8. The van der Waals surface area contributed by atoms with E-state index in [4.69, 9.17) is 27.9 Å². The van der Waals surface area contributed by atoms with Gasteiger partial charge in [-0.1, -0.05) is 47.5 Å². The van der Waals surface area contributed by atoms with Crippen LogP contribution in [0.2, 0.25) is 10.0 Å². The lowest BCUT2D eigenvalue weighted by Crippen LogP contribution is -2.27. The SMILES string of the molecule is O=S(=O)(NCCOCc1ccc(Cl)c(Cl)c1)c1ccccc1. The molecule has 0 aliphatic rings. The van der Waals surface area contributed by atoms with Crippen molar-refractivity contribution in [2.24, 2.45) is 0 Å². The molecule has 4 nitrogen and oxygen atoms in total. The maximum Gasteiger partial charge on any atom is 0.240 e. The predicted molar refractivity (Wildman–Crippen MR) is 87.7 cm³/mol. The molecule has 0 saturated carbocycles. The highest BCUT2D eigenvalue weighted by atomic mass is 35.5. The Kier molecular flexibility index (Phi) is 6.23. The summed E-state index contributed by atoms with van der Waals surface area (Å²) in [6.45, 7) is 0.787. The molecule has 0 fully saturated rings. The number of rotatable bonds is 7. The largest absolute Gasteiger partial charge is 0.375 e. The highest BCUT2D eigenvalue weighted by Crippen LogP contribution is 2.22. The van der Waals surface area contributed by atoms with E-state index >= 15 is 0 Å². The highest BCUT2D eigenvalue weighted by Gasteiger charge is 2.11. The predicted octanol–water partition coefficient (Wildman–Crippen LogP) is 3.49. The van der Waals surface area contributed by atoms with Crippen LogP contribution in [0.25, 0.3) is 0 Å². The Morgan fingerprint density at radius 3 is 2.41 bits per heavy atom. The molecule has 0 radical (unpaired) electrons. The van der Waals surface area contributed by atoms with Crippen LogP contribution in [0.3, 0.4) is 0 Å². The Morgan fingerprint density at radius 2 is 1.73 bits per heavy atom. The molecule has 1 N–H and O–H groups in total. The minimum absolute atomic E-state index is 0.193. The fourth-order valence-corrected chi connectivity index (χ4v) is 3.11. The third-order valence-electron chi connectivity index (χ3n) is 2.84. The van der Waals surface area contributed by atoms with Crippen molar-refractivity contribution < 1.29 is 13.2 Å². The molecule has 0 atom stereocenters. The molecule has 0 heterocycles. The van der Waals surface area contributed by atoms with Crippen molar-refractivity contribution in [1.29, 1.82) is 0 Å². The van der Waals surface area contributed by atoms with Gasteiger partial charge in [0.25, 0.3) is 0 Å². The fourth-order valence-electron chi connectivity index (χ4n) is 1.75. The lowest BCUT2D eigenvalue weighted by molar-refractivity contribution is 0.126. The maximum atomic E-state index is 11.9. The molecule has 0 bridgehead atoms. The molecule has 0 amide bonds. The van der Waals surface area contributed by atoms with Crippen molar-refractivity contribution in [2.45, 2.75) is 11.5 Å². The molecular weight excluding hydrogens is 345 g/mol. The molecular formula is C15H15Cl2NO3S. The highest BCUT2D eigenvalue weighted by molar-refractivity contribution is 7.89. The minimum atomic E-state index is -3.49. The van der Waals surface area contributed by atoms with Crippen molar-refractivity contribution in [2.75, 3.05) is 13.2 Å². The number of ether oxygens (including phenoxy) is 1. The molecule has 118 valence electrons. The molecule has 0 unspecified atom stereocenters. The van der Waals surface area contributed by atoms with E-state index in [1.165, 1.54) is 0 Å². The fraction of sp³-hybridized carbons (Fsp3) is 0.200. The van der Waals surface area contributed by atoms with Crippen LogP contribution in [0.4, 0.5) is 0 Å². The molecule has 22 heavy (non-hydrogen) atoms. The van der Waals surface area contributed by atoms with Crippen LogP contribution in [0, 0.1) is 0 Å². The standard InChI is InChI=1S/C15H15Cl2NO3S/c16-14-7-6-12(10-15(14)17)11-21-9-8-18-22(19,20)13-4-2-1-3-5-13/h1-7,10,18H,8-9,11H2. The molecule has 2 aromatic rings. The van der Waals surface area contributed by atoms with E-state index in [0.29, 0.717) is 16.7 Å². The van der Waals surface area contributed by atoms with Crippen molar-refractivity contribution in [3.8, 4) is 0 Å². The second kappa shape index (κ2) is 7.94. The summed E-state index contributed by atoms with van der Waals surface area (Å²) in [5, 5.41) is 0.952. The van der Waals surface area contributed by atoms with Gasteiger partial charge in [0.15, 0.2) is 0 Å². The summed E-state index contributed by atoms with van der Waals surface area (Å²) >= 11 is 11.7. The van der Waals surface area contributed by atoms with Gasteiger partial charge in [0.1, 0.15) is 0 Å². The van der Waals surface area contributed by atoms with Gasteiger partial charge in [-0.15, -0.1) is 0 Å². The van der Waals surface area contributed by atoms with E-state index in [0.717, 1.165) is 5.56 Å². The van der Waals surface area contributed by atoms with Crippen LogP contribution >= 0.6 is 23.2 Å². The van der Waals surface area contributed by atoms with Crippen LogP contribution in [0.15, 0.2) is 53.4 Å². The summed E-state index contributed by atoms with van der Waals surface area (Å²) in [5.41, 5.74) is 0.875. The first-order valence-electron chi connectivity index (χ1n) is 6.55. The number of hydrogen-bond donors (Lipinski definition) is 1. The molecule has 0 aromatic heterocycles.